The molecule has 1 aliphatic heterocycles. The third-order valence-electron chi connectivity index (χ3n) is 4.37. The van der Waals surface area contributed by atoms with Gasteiger partial charge in [-0.3, -0.25) is 4.79 Å². The highest BCUT2D eigenvalue weighted by Crippen LogP contribution is 2.27. The zero-order valence-corrected chi connectivity index (χ0v) is 11.4. The number of nitrogens with one attached hydrogen (secondary N) is 1. The molecule has 4 heteroatoms. The monoisotopic (exact) mass is 254 g/mol. The van der Waals surface area contributed by atoms with Crippen molar-refractivity contribution in [2.24, 2.45) is 5.92 Å². The van der Waals surface area contributed by atoms with Crippen LogP contribution < -0.4 is 5.32 Å². The van der Waals surface area contributed by atoms with Crippen molar-refractivity contribution in [1.29, 1.82) is 0 Å². The molecular formula is C14H26N2O2. The fourth-order valence-corrected chi connectivity index (χ4v) is 2.86. The first kappa shape index (κ1) is 13.8. The fraction of sp³-hybridized carbons (Fsp3) is 0.929. The highest BCUT2D eigenvalue weighted by atomic mass is 16.3. The molecule has 0 radical (unpaired) electrons. The van der Waals surface area contributed by atoms with E-state index in [9.17, 15) is 4.79 Å². The summed E-state index contributed by atoms with van der Waals surface area (Å²) in [6.45, 7) is 3.90. The largest absolute Gasteiger partial charge is 0.396 e. The summed E-state index contributed by atoms with van der Waals surface area (Å²) in [5.74, 6) is 0.466. The summed E-state index contributed by atoms with van der Waals surface area (Å²) in [5, 5.41) is 12.4. The van der Waals surface area contributed by atoms with E-state index in [0.717, 1.165) is 38.8 Å². The lowest BCUT2D eigenvalue weighted by Gasteiger charge is -2.40. The molecule has 104 valence electrons. The number of aliphatic hydroxyl groups excluding tert-OH is 1. The minimum atomic E-state index is 0.153. The fourth-order valence-electron chi connectivity index (χ4n) is 2.86. The third kappa shape index (κ3) is 3.23. The van der Waals surface area contributed by atoms with E-state index < -0.39 is 0 Å². The SMILES string of the molecule is CC1CCC(C(=O)N(CCCO)C2CCC2)CN1. The summed E-state index contributed by atoms with van der Waals surface area (Å²) in [7, 11) is 0. The van der Waals surface area contributed by atoms with E-state index >= 15 is 0 Å². The van der Waals surface area contributed by atoms with Crippen molar-refractivity contribution in [3.05, 3.63) is 0 Å². The van der Waals surface area contributed by atoms with Crippen LogP contribution in [-0.2, 0) is 4.79 Å². The first-order chi connectivity index (χ1) is 8.72. The maximum atomic E-state index is 12.5. The Hall–Kier alpha value is -0.610. The number of piperidine rings is 1. The summed E-state index contributed by atoms with van der Waals surface area (Å²) in [6.07, 6.45) is 6.35. The quantitative estimate of drug-likeness (QED) is 0.773. The van der Waals surface area contributed by atoms with Crippen LogP contribution in [0.4, 0.5) is 0 Å². The molecule has 2 rings (SSSR count). The first-order valence-electron chi connectivity index (χ1n) is 7.37. The zero-order chi connectivity index (χ0) is 13.0. The van der Waals surface area contributed by atoms with Crippen LogP contribution >= 0.6 is 0 Å². The van der Waals surface area contributed by atoms with Crippen LogP contribution in [0, 0.1) is 5.92 Å². The Kier molecular flexibility index (Phi) is 5.01. The summed E-state index contributed by atoms with van der Waals surface area (Å²) in [6, 6.07) is 0.993. The van der Waals surface area contributed by atoms with E-state index in [2.05, 4.69) is 12.2 Å². The van der Waals surface area contributed by atoms with Crippen molar-refractivity contribution < 1.29 is 9.90 Å². The van der Waals surface area contributed by atoms with Gasteiger partial charge in [-0.15, -0.1) is 0 Å². The molecule has 0 bridgehead atoms. The molecule has 1 amide bonds. The lowest BCUT2D eigenvalue weighted by molar-refractivity contribution is -0.140. The molecule has 1 saturated heterocycles. The number of hydrogen-bond donors (Lipinski definition) is 2. The molecule has 2 aliphatic rings. The van der Waals surface area contributed by atoms with Crippen LogP contribution in [0.5, 0.6) is 0 Å². The maximum absolute atomic E-state index is 12.5. The number of carbonyl (C=O) groups excluding carboxylic acids is 1. The summed E-state index contributed by atoms with van der Waals surface area (Å²) in [4.78, 5) is 14.6. The zero-order valence-electron chi connectivity index (χ0n) is 11.4. The number of hydrogen-bond acceptors (Lipinski definition) is 3. The van der Waals surface area contributed by atoms with Gasteiger partial charge in [-0.05, 0) is 45.4 Å². The highest BCUT2D eigenvalue weighted by molar-refractivity contribution is 5.79. The van der Waals surface area contributed by atoms with Crippen LogP contribution in [0.15, 0.2) is 0 Å². The van der Waals surface area contributed by atoms with Gasteiger partial charge in [0, 0.05) is 31.8 Å². The molecule has 0 aromatic heterocycles. The van der Waals surface area contributed by atoms with Crippen LogP contribution in [0.2, 0.25) is 0 Å². The van der Waals surface area contributed by atoms with Gasteiger partial charge < -0.3 is 15.3 Å². The standard InChI is InChI=1S/C14H26N2O2/c1-11-6-7-12(10-15-11)14(18)16(8-3-9-17)13-4-2-5-13/h11-13,15,17H,2-10H2,1H3. The van der Waals surface area contributed by atoms with E-state index in [1.165, 1.54) is 6.42 Å². The molecule has 1 heterocycles. The number of aliphatic hydroxyl groups is 1. The number of carbonyl (C=O) groups is 1. The molecule has 4 nitrogen and oxygen atoms in total. The van der Waals surface area contributed by atoms with Crippen LogP contribution in [0.25, 0.3) is 0 Å². The van der Waals surface area contributed by atoms with E-state index in [4.69, 9.17) is 5.11 Å². The highest BCUT2D eigenvalue weighted by Gasteiger charge is 2.33. The van der Waals surface area contributed by atoms with Gasteiger partial charge in [-0.1, -0.05) is 0 Å². The van der Waals surface area contributed by atoms with Crippen molar-refractivity contribution >= 4 is 5.91 Å². The van der Waals surface area contributed by atoms with Gasteiger partial charge in [-0.25, -0.2) is 0 Å². The van der Waals surface area contributed by atoms with Crippen LogP contribution in [0.3, 0.4) is 0 Å². The number of rotatable bonds is 5. The predicted molar refractivity (Wildman–Crippen MR) is 71.2 cm³/mol. The van der Waals surface area contributed by atoms with Crippen molar-refractivity contribution in [3.63, 3.8) is 0 Å². The normalized spacial score (nSPS) is 28.8. The molecule has 0 spiro atoms. The molecule has 0 aromatic carbocycles. The second-order valence-electron chi connectivity index (χ2n) is 5.78. The van der Waals surface area contributed by atoms with Gasteiger partial charge in [0.1, 0.15) is 0 Å². The molecule has 1 saturated carbocycles. The van der Waals surface area contributed by atoms with Gasteiger partial charge in [-0.2, -0.15) is 0 Å². The van der Waals surface area contributed by atoms with Crippen LogP contribution in [-0.4, -0.2) is 47.7 Å². The van der Waals surface area contributed by atoms with E-state index in [1.807, 2.05) is 4.90 Å². The number of nitrogens with zero attached hydrogens (tertiary/aromatic N) is 1. The Labute approximate surface area is 110 Å². The minimum absolute atomic E-state index is 0.153. The lowest BCUT2D eigenvalue weighted by atomic mass is 9.88. The van der Waals surface area contributed by atoms with E-state index in [1.54, 1.807) is 0 Å². The second-order valence-corrected chi connectivity index (χ2v) is 5.78. The molecule has 2 atom stereocenters. The van der Waals surface area contributed by atoms with Gasteiger partial charge in [0.2, 0.25) is 5.91 Å². The van der Waals surface area contributed by atoms with E-state index in [-0.39, 0.29) is 12.5 Å². The summed E-state index contributed by atoms with van der Waals surface area (Å²) >= 11 is 0. The van der Waals surface area contributed by atoms with Gasteiger partial charge in [0.05, 0.1) is 5.92 Å². The molecule has 1 aliphatic carbocycles. The lowest BCUT2D eigenvalue weighted by Crippen LogP contribution is -2.51. The molecular weight excluding hydrogens is 228 g/mol. The van der Waals surface area contributed by atoms with Crippen LogP contribution in [0.1, 0.15) is 45.4 Å². The Bertz CT molecular complexity index is 271. The Morgan fingerprint density at radius 3 is 2.61 bits per heavy atom. The maximum Gasteiger partial charge on any atom is 0.227 e. The first-order valence-corrected chi connectivity index (χ1v) is 7.37. The van der Waals surface area contributed by atoms with Crippen molar-refractivity contribution in [1.82, 2.24) is 10.2 Å². The average Bonchev–Trinajstić information content (AvgIpc) is 2.32. The molecule has 2 unspecified atom stereocenters. The smallest absolute Gasteiger partial charge is 0.227 e. The molecule has 18 heavy (non-hydrogen) atoms. The summed E-state index contributed by atoms with van der Waals surface area (Å²) < 4.78 is 0. The second kappa shape index (κ2) is 6.53. The third-order valence-corrected chi connectivity index (χ3v) is 4.37. The number of amides is 1. The Balaban J connectivity index is 1.89. The van der Waals surface area contributed by atoms with Crippen molar-refractivity contribution in [2.45, 2.75) is 57.5 Å². The average molecular weight is 254 g/mol. The van der Waals surface area contributed by atoms with Crippen molar-refractivity contribution in [2.75, 3.05) is 19.7 Å². The van der Waals surface area contributed by atoms with Gasteiger partial charge in [0.15, 0.2) is 0 Å². The van der Waals surface area contributed by atoms with Gasteiger partial charge >= 0.3 is 0 Å². The Morgan fingerprint density at radius 1 is 1.33 bits per heavy atom. The predicted octanol–water partition coefficient (Wildman–Crippen LogP) is 1.14. The molecule has 2 N–H and O–H groups in total. The summed E-state index contributed by atoms with van der Waals surface area (Å²) in [5.41, 5.74) is 0. The van der Waals surface area contributed by atoms with Crippen molar-refractivity contribution in [3.8, 4) is 0 Å². The van der Waals surface area contributed by atoms with Gasteiger partial charge in [0.25, 0.3) is 0 Å². The minimum Gasteiger partial charge on any atom is -0.396 e. The molecule has 2 fully saturated rings. The molecule has 0 aromatic rings. The topological polar surface area (TPSA) is 52.6 Å². The van der Waals surface area contributed by atoms with E-state index in [0.29, 0.717) is 24.4 Å². The Morgan fingerprint density at radius 2 is 2.11 bits per heavy atom.